The number of benzene rings is 3. The molecule has 10 heteroatoms. The third kappa shape index (κ3) is 4.61. The lowest BCUT2D eigenvalue weighted by Crippen LogP contribution is -2.32. The zero-order valence-electron chi connectivity index (χ0n) is 20.4. The lowest BCUT2D eigenvalue weighted by Gasteiger charge is -2.22. The maximum atomic E-state index is 13.7. The molecule has 3 aromatic carbocycles. The second-order valence-electron chi connectivity index (χ2n) is 9.34. The van der Waals surface area contributed by atoms with Crippen LogP contribution in [-0.4, -0.2) is 44.4 Å². The number of halogens is 2. The molecule has 4 aromatic rings. The number of hydrogen-bond acceptors (Lipinski definition) is 5. The van der Waals surface area contributed by atoms with Crippen LogP contribution in [0.5, 0.6) is 0 Å². The average Bonchev–Trinajstić information content (AvgIpc) is 3.58. The van der Waals surface area contributed by atoms with Gasteiger partial charge < -0.3 is 15.0 Å². The molecular formula is C28H23BrFN5O3. The van der Waals surface area contributed by atoms with E-state index in [0.717, 1.165) is 27.0 Å². The van der Waals surface area contributed by atoms with Crippen LogP contribution >= 0.6 is 15.9 Å². The Kier molecular flexibility index (Phi) is 6.29. The van der Waals surface area contributed by atoms with Gasteiger partial charge in [-0.05, 0) is 79.1 Å². The van der Waals surface area contributed by atoms with Gasteiger partial charge in [0.1, 0.15) is 23.3 Å². The van der Waals surface area contributed by atoms with Crippen molar-refractivity contribution >= 4 is 33.4 Å². The second kappa shape index (κ2) is 9.77. The Balaban J connectivity index is 1.34. The molecule has 8 nitrogen and oxygen atoms in total. The Hall–Kier alpha value is -3.89. The SMILES string of the molecule is C[C@@H]1O[C@@H](c2nn(-c3ccc(Br)cc3)nc2-c2ccc(F)cc2)N(CCc2ccc3c(c2)NC(=O)C3)C1=O. The number of amides is 2. The minimum absolute atomic E-state index is 0.0173. The maximum absolute atomic E-state index is 13.7. The first-order valence-electron chi connectivity index (χ1n) is 12.2. The van der Waals surface area contributed by atoms with Gasteiger partial charge in [-0.3, -0.25) is 9.59 Å². The number of aromatic nitrogens is 3. The Labute approximate surface area is 226 Å². The van der Waals surface area contributed by atoms with E-state index in [9.17, 15) is 14.0 Å². The topological polar surface area (TPSA) is 89.3 Å². The molecule has 1 aromatic heterocycles. The van der Waals surface area contributed by atoms with Gasteiger partial charge in [0.15, 0.2) is 6.23 Å². The van der Waals surface area contributed by atoms with E-state index in [2.05, 4.69) is 21.2 Å². The summed E-state index contributed by atoms with van der Waals surface area (Å²) in [4.78, 5) is 28.1. The third-order valence-electron chi connectivity index (χ3n) is 6.74. The Bertz CT molecular complexity index is 1540. The summed E-state index contributed by atoms with van der Waals surface area (Å²) in [6.45, 7) is 2.10. The predicted molar refractivity (Wildman–Crippen MR) is 142 cm³/mol. The minimum atomic E-state index is -0.768. The number of nitrogens with one attached hydrogen (secondary N) is 1. The molecule has 2 amide bonds. The maximum Gasteiger partial charge on any atom is 0.253 e. The Morgan fingerprint density at radius 1 is 1.05 bits per heavy atom. The van der Waals surface area contributed by atoms with Crippen LogP contribution in [0.15, 0.2) is 71.2 Å². The molecule has 2 aliphatic rings. The van der Waals surface area contributed by atoms with Crippen molar-refractivity contribution in [2.75, 3.05) is 11.9 Å². The normalized spacial score (nSPS) is 18.7. The molecule has 0 aliphatic carbocycles. The van der Waals surface area contributed by atoms with Crippen molar-refractivity contribution in [1.29, 1.82) is 0 Å². The van der Waals surface area contributed by atoms with Crippen molar-refractivity contribution in [3.8, 4) is 16.9 Å². The molecule has 0 bridgehead atoms. The van der Waals surface area contributed by atoms with E-state index in [1.54, 1.807) is 24.0 Å². The quantitative estimate of drug-likeness (QED) is 0.356. The number of anilines is 1. The molecular weight excluding hydrogens is 553 g/mol. The van der Waals surface area contributed by atoms with Crippen LogP contribution in [0, 0.1) is 5.82 Å². The molecule has 2 atom stereocenters. The lowest BCUT2D eigenvalue weighted by atomic mass is 10.1. The number of rotatable bonds is 6. The van der Waals surface area contributed by atoms with Gasteiger partial charge in [0, 0.05) is 22.3 Å². The van der Waals surface area contributed by atoms with E-state index in [-0.39, 0.29) is 17.6 Å². The van der Waals surface area contributed by atoms with Crippen molar-refractivity contribution in [2.45, 2.75) is 32.1 Å². The Morgan fingerprint density at radius 2 is 1.82 bits per heavy atom. The summed E-state index contributed by atoms with van der Waals surface area (Å²) in [6.07, 6.45) is -0.476. The van der Waals surface area contributed by atoms with E-state index in [4.69, 9.17) is 14.9 Å². The highest BCUT2D eigenvalue weighted by atomic mass is 79.9. The minimum Gasteiger partial charge on any atom is -0.339 e. The van der Waals surface area contributed by atoms with Gasteiger partial charge in [-0.2, -0.15) is 4.80 Å². The van der Waals surface area contributed by atoms with Crippen molar-refractivity contribution in [2.24, 2.45) is 0 Å². The molecule has 0 radical (unpaired) electrons. The first-order valence-corrected chi connectivity index (χ1v) is 13.0. The summed E-state index contributed by atoms with van der Waals surface area (Å²) < 4.78 is 20.7. The van der Waals surface area contributed by atoms with E-state index in [1.807, 2.05) is 42.5 Å². The van der Waals surface area contributed by atoms with E-state index in [1.165, 1.54) is 16.9 Å². The van der Waals surface area contributed by atoms with Crippen molar-refractivity contribution in [3.63, 3.8) is 0 Å². The standard InChI is InChI=1S/C28H23BrFN5O3/c1-16-27(37)34(13-12-17-2-3-19-15-24(36)31-23(19)14-17)28(38-16)26-25(18-4-8-21(30)9-5-18)32-35(33-26)22-10-6-20(29)7-11-22/h2-11,14,16,28H,12-13,15H2,1H3,(H,31,36)/t16-,28-/m0/s1. The molecule has 1 saturated heterocycles. The fourth-order valence-electron chi connectivity index (χ4n) is 4.77. The smallest absolute Gasteiger partial charge is 0.253 e. The van der Waals surface area contributed by atoms with Gasteiger partial charge in [-0.15, -0.1) is 10.2 Å². The lowest BCUT2D eigenvalue weighted by molar-refractivity contribution is -0.130. The van der Waals surface area contributed by atoms with Crippen LogP contribution in [0.25, 0.3) is 16.9 Å². The number of carbonyl (C=O) groups excluding carboxylic acids is 2. The van der Waals surface area contributed by atoms with E-state index in [0.29, 0.717) is 36.3 Å². The summed E-state index contributed by atoms with van der Waals surface area (Å²) >= 11 is 3.44. The van der Waals surface area contributed by atoms with E-state index >= 15 is 0 Å². The van der Waals surface area contributed by atoms with Crippen molar-refractivity contribution in [1.82, 2.24) is 19.9 Å². The molecule has 0 saturated carbocycles. The highest BCUT2D eigenvalue weighted by Crippen LogP contribution is 2.36. The number of hydrogen-bond donors (Lipinski definition) is 1. The number of ether oxygens (including phenoxy) is 1. The molecule has 3 heterocycles. The monoisotopic (exact) mass is 575 g/mol. The summed E-state index contributed by atoms with van der Waals surface area (Å²) in [5, 5.41) is 12.3. The molecule has 192 valence electrons. The van der Waals surface area contributed by atoms with Crippen LogP contribution in [0.1, 0.15) is 30.0 Å². The predicted octanol–water partition coefficient (Wildman–Crippen LogP) is 4.82. The second-order valence-corrected chi connectivity index (χ2v) is 10.3. The third-order valence-corrected chi connectivity index (χ3v) is 7.27. The Morgan fingerprint density at radius 3 is 2.58 bits per heavy atom. The molecule has 1 N–H and O–H groups in total. The largest absolute Gasteiger partial charge is 0.339 e. The van der Waals surface area contributed by atoms with E-state index < -0.39 is 12.3 Å². The summed E-state index contributed by atoms with van der Waals surface area (Å²) in [6, 6.07) is 19.4. The molecule has 6 rings (SSSR count). The number of nitrogens with zero attached hydrogens (tertiary/aromatic N) is 4. The number of fused-ring (bicyclic) bond motifs is 1. The summed E-state index contributed by atoms with van der Waals surface area (Å²) in [5.74, 6) is -0.521. The van der Waals surface area contributed by atoms with Gasteiger partial charge in [-0.25, -0.2) is 4.39 Å². The van der Waals surface area contributed by atoms with Gasteiger partial charge in [0.25, 0.3) is 5.91 Å². The molecule has 38 heavy (non-hydrogen) atoms. The zero-order chi connectivity index (χ0) is 26.4. The summed E-state index contributed by atoms with van der Waals surface area (Å²) in [7, 11) is 0. The first-order chi connectivity index (χ1) is 18.4. The fraction of sp³-hybridized carbons (Fsp3) is 0.214. The molecule has 2 aliphatic heterocycles. The van der Waals surface area contributed by atoms with Gasteiger partial charge in [0.05, 0.1) is 12.1 Å². The average molecular weight is 576 g/mol. The molecule has 0 spiro atoms. The van der Waals surface area contributed by atoms with Crippen LogP contribution in [0.4, 0.5) is 10.1 Å². The number of carbonyl (C=O) groups is 2. The van der Waals surface area contributed by atoms with Crippen LogP contribution < -0.4 is 5.32 Å². The molecule has 0 unspecified atom stereocenters. The van der Waals surface area contributed by atoms with Gasteiger partial charge in [-0.1, -0.05) is 28.1 Å². The zero-order valence-corrected chi connectivity index (χ0v) is 22.0. The van der Waals surface area contributed by atoms with Crippen molar-refractivity contribution < 1.29 is 18.7 Å². The van der Waals surface area contributed by atoms with Crippen LogP contribution in [-0.2, 0) is 27.2 Å². The van der Waals surface area contributed by atoms with Crippen LogP contribution in [0.2, 0.25) is 0 Å². The highest BCUT2D eigenvalue weighted by Gasteiger charge is 2.41. The molecule has 1 fully saturated rings. The fourth-order valence-corrected chi connectivity index (χ4v) is 5.03. The van der Waals surface area contributed by atoms with Gasteiger partial charge >= 0.3 is 0 Å². The van der Waals surface area contributed by atoms with Crippen molar-refractivity contribution in [3.05, 3.63) is 93.8 Å². The van der Waals surface area contributed by atoms with Gasteiger partial charge in [0.2, 0.25) is 5.91 Å². The summed E-state index contributed by atoms with van der Waals surface area (Å²) in [5.41, 5.74) is 5.15. The first kappa shape index (κ1) is 24.4. The van der Waals surface area contributed by atoms with Crippen LogP contribution in [0.3, 0.4) is 0 Å². The highest BCUT2D eigenvalue weighted by molar-refractivity contribution is 9.10.